The Morgan fingerprint density at radius 3 is 2.00 bits per heavy atom. The first-order valence-electron chi connectivity index (χ1n) is 6.25. The second-order valence-electron chi connectivity index (χ2n) is 4.76. The Morgan fingerprint density at radius 1 is 1.11 bits per heavy atom. The fraction of sp³-hybridized carbons (Fsp3) is 0.538. The van der Waals surface area contributed by atoms with Gasteiger partial charge < -0.3 is 14.8 Å². The van der Waals surface area contributed by atoms with Gasteiger partial charge in [-0.1, -0.05) is 0 Å². The third-order valence-corrected chi connectivity index (χ3v) is 5.88. The number of rotatable bonds is 7. The van der Waals surface area contributed by atoms with E-state index in [4.69, 9.17) is 14.8 Å². The van der Waals surface area contributed by atoms with Crippen molar-refractivity contribution in [2.75, 3.05) is 11.2 Å². The topological polar surface area (TPSA) is 61.5 Å². The molecule has 0 spiro atoms. The summed E-state index contributed by atoms with van der Waals surface area (Å²) in [6.45, 7) is 7.41. The van der Waals surface area contributed by atoms with Gasteiger partial charge in [-0.15, -0.1) is 11.8 Å². The van der Waals surface area contributed by atoms with Crippen molar-refractivity contribution in [2.45, 2.75) is 44.8 Å². The van der Waals surface area contributed by atoms with Crippen molar-refractivity contribution in [1.82, 2.24) is 0 Å². The van der Waals surface area contributed by atoms with Gasteiger partial charge in [0, 0.05) is 10.6 Å². The number of hydrogen-bond acceptors (Lipinski definition) is 5. The zero-order valence-electron chi connectivity index (χ0n) is 11.8. The van der Waals surface area contributed by atoms with Crippen molar-refractivity contribution < 1.29 is 13.6 Å². The molecule has 0 bridgehead atoms. The minimum absolute atomic E-state index is 0.128. The average Bonchev–Trinajstić information content (AvgIpc) is 2.26. The van der Waals surface area contributed by atoms with E-state index in [1.165, 1.54) is 11.8 Å². The molecule has 6 heteroatoms. The lowest BCUT2D eigenvalue weighted by molar-refractivity contribution is 0.145. The summed E-state index contributed by atoms with van der Waals surface area (Å²) >= 11 is 1.45. The molecule has 19 heavy (non-hydrogen) atoms. The van der Waals surface area contributed by atoms with Crippen molar-refractivity contribution >= 4 is 25.0 Å². The summed E-state index contributed by atoms with van der Waals surface area (Å²) in [6.07, 6.45) is -0.256. The number of nitrogens with two attached hydrogens (primary N) is 1. The Hall–Kier alpha value is -0.480. The normalized spacial score (nSPS) is 12.3. The maximum absolute atomic E-state index is 12.6. The number of benzene rings is 1. The van der Waals surface area contributed by atoms with Crippen LogP contribution >= 0.6 is 19.4 Å². The quantitative estimate of drug-likeness (QED) is 0.460. The van der Waals surface area contributed by atoms with E-state index in [2.05, 4.69) is 0 Å². The molecule has 108 valence electrons. The van der Waals surface area contributed by atoms with Crippen molar-refractivity contribution in [3.05, 3.63) is 24.3 Å². The molecule has 1 aromatic rings. The predicted molar refractivity (Wildman–Crippen MR) is 81.6 cm³/mol. The summed E-state index contributed by atoms with van der Waals surface area (Å²) in [4.78, 5) is 0.995. The number of anilines is 1. The summed E-state index contributed by atoms with van der Waals surface area (Å²) in [5, 5.41) is 0. The Morgan fingerprint density at radius 2 is 1.58 bits per heavy atom. The van der Waals surface area contributed by atoms with Gasteiger partial charge in [-0.2, -0.15) is 0 Å². The SMILES string of the molecule is CC(C)OP(=O)(CSc1ccc(N)cc1)OC(C)C. The summed E-state index contributed by atoms with van der Waals surface area (Å²) in [5.41, 5.74) is 6.64. The van der Waals surface area contributed by atoms with Crippen LogP contribution in [0.4, 0.5) is 5.69 Å². The van der Waals surface area contributed by atoms with E-state index in [-0.39, 0.29) is 12.2 Å². The van der Waals surface area contributed by atoms with Gasteiger partial charge in [0.2, 0.25) is 0 Å². The van der Waals surface area contributed by atoms with Crippen molar-refractivity contribution in [2.24, 2.45) is 0 Å². The summed E-state index contributed by atoms with van der Waals surface area (Å²) < 4.78 is 23.5. The van der Waals surface area contributed by atoms with Crippen LogP contribution in [0.1, 0.15) is 27.7 Å². The highest BCUT2D eigenvalue weighted by atomic mass is 32.2. The third kappa shape index (κ3) is 6.48. The van der Waals surface area contributed by atoms with Gasteiger partial charge >= 0.3 is 7.60 Å². The molecule has 0 saturated heterocycles. The average molecular weight is 303 g/mol. The fourth-order valence-electron chi connectivity index (χ4n) is 1.45. The summed E-state index contributed by atoms with van der Waals surface area (Å²) in [7, 11) is -3.08. The molecule has 0 aliphatic rings. The summed E-state index contributed by atoms with van der Waals surface area (Å²) in [5.74, 6) is 0. The molecule has 0 radical (unpaired) electrons. The molecular formula is C13H22NO3PS. The highest BCUT2D eigenvalue weighted by molar-refractivity contribution is 8.04. The second kappa shape index (κ2) is 7.34. The Balaban J connectivity index is 2.67. The van der Waals surface area contributed by atoms with Crippen LogP contribution in [-0.4, -0.2) is 17.7 Å². The monoisotopic (exact) mass is 303 g/mol. The third-order valence-electron chi connectivity index (χ3n) is 2.01. The van der Waals surface area contributed by atoms with Crippen LogP contribution in [0.5, 0.6) is 0 Å². The van der Waals surface area contributed by atoms with Gasteiger partial charge in [0.15, 0.2) is 0 Å². The number of nitrogen functional groups attached to an aromatic ring is 1. The smallest absolute Gasteiger partial charge is 0.341 e. The minimum atomic E-state index is -3.08. The highest BCUT2D eigenvalue weighted by Gasteiger charge is 2.27. The van der Waals surface area contributed by atoms with Crippen molar-refractivity contribution in [1.29, 1.82) is 0 Å². The van der Waals surface area contributed by atoms with E-state index in [0.29, 0.717) is 11.2 Å². The molecule has 0 aliphatic carbocycles. The Kier molecular flexibility index (Phi) is 6.40. The molecule has 4 nitrogen and oxygen atoms in total. The molecule has 0 amide bonds. The van der Waals surface area contributed by atoms with Gasteiger partial charge in [-0.3, -0.25) is 4.57 Å². The first-order chi connectivity index (χ1) is 8.81. The summed E-state index contributed by atoms with van der Waals surface area (Å²) in [6, 6.07) is 7.43. The Labute approximate surface area is 119 Å². The predicted octanol–water partition coefficient (Wildman–Crippen LogP) is 4.36. The van der Waals surface area contributed by atoms with E-state index in [1.54, 1.807) is 0 Å². The van der Waals surface area contributed by atoms with E-state index in [1.807, 2.05) is 52.0 Å². The van der Waals surface area contributed by atoms with E-state index in [0.717, 1.165) is 4.90 Å². The molecule has 0 fully saturated rings. The van der Waals surface area contributed by atoms with Gasteiger partial charge in [-0.25, -0.2) is 0 Å². The van der Waals surface area contributed by atoms with Crippen LogP contribution in [0.2, 0.25) is 0 Å². The van der Waals surface area contributed by atoms with Gasteiger partial charge in [-0.05, 0) is 52.0 Å². The van der Waals surface area contributed by atoms with Gasteiger partial charge in [0.25, 0.3) is 0 Å². The maximum atomic E-state index is 12.6. The van der Waals surface area contributed by atoms with Crippen LogP contribution in [-0.2, 0) is 13.6 Å². The fourth-order valence-corrected chi connectivity index (χ4v) is 4.82. The molecule has 0 saturated carbocycles. The molecule has 2 N–H and O–H groups in total. The number of thioether (sulfide) groups is 1. The molecule has 0 atom stereocenters. The first-order valence-corrected chi connectivity index (χ1v) is 8.96. The van der Waals surface area contributed by atoms with E-state index < -0.39 is 7.60 Å². The van der Waals surface area contributed by atoms with E-state index >= 15 is 0 Å². The maximum Gasteiger partial charge on any atom is 0.341 e. The lowest BCUT2D eigenvalue weighted by Crippen LogP contribution is -2.09. The standard InChI is InChI=1S/C13H22NO3PS/c1-10(2)16-18(15,17-11(3)4)9-19-13-7-5-12(14)6-8-13/h5-8,10-11H,9,14H2,1-4H3. The zero-order chi connectivity index (χ0) is 14.5. The highest BCUT2D eigenvalue weighted by Crippen LogP contribution is 2.54. The van der Waals surface area contributed by atoms with Crippen LogP contribution in [0.15, 0.2) is 29.2 Å². The zero-order valence-corrected chi connectivity index (χ0v) is 13.5. The molecule has 0 aliphatic heterocycles. The molecule has 0 heterocycles. The second-order valence-corrected chi connectivity index (χ2v) is 8.20. The van der Waals surface area contributed by atoms with Crippen molar-refractivity contribution in [3.8, 4) is 0 Å². The van der Waals surface area contributed by atoms with E-state index in [9.17, 15) is 4.57 Å². The Bertz CT molecular complexity index is 420. The molecular weight excluding hydrogens is 281 g/mol. The molecule has 1 aromatic carbocycles. The van der Waals surface area contributed by atoms with Gasteiger partial charge in [0.1, 0.15) is 5.49 Å². The molecule has 0 aromatic heterocycles. The minimum Gasteiger partial charge on any atom is -0.399 e. The van der Waals surface area contributed by atoms with Crippen LogP contribution in [0.3, 0.4) is 0 Å². The van der Waals surface area contributed by atoms with Gasteiger partial charge in [0.05, 0.1) is 12.2 Å². The van der Waals surface area contributed by atoms with Crippen LogP contribution in [0, 0.1) is 0 Å². The number of hydrogen-bond donors (Lipinski definition) is 1. The first kappa shape index (κ1) is 16.6. The van der Waals surface area contributed by atoms with Crippen LogP contribution < -0.4 is 5.73 Å². The largest absolute Gasteiger partial charge is 0.399 e. The van der Waals surface area contributed by atoms with Crippen LogP contribution in [0.25, 0.3) is 0 Å². The lowest BCUT2D eigenvalue weighted by Gasteiger charge is -2.22. The molecule has 1 rings (SSSR count). The lowest BCUT2D eigenvalue weighted by atomic mass is 10.3. The molecule has 0 unspecified atom stereocenters. The van der Waals surface area contributed by atoms with Crippen molar-refractivity contribution in [3.63, 3.8) is 0 Å².